The molecule has 0 saturated heterocycles. The smallest absolute Gasteiger partial charge is 0.118 e. The van der Waals surface area contributed by atoms with Gasteiger partial charge in [0.1, 0.15) is 5.75 Å². The van der Waals surface area contributed by atoms with Crippen LogP contribution in [-0.2, 0) is 6.42 Å². The Bertz CT molecular complexity index is 324. The maximum absolute atomic E-state index is 5.22. The predicted molar refractivity (Wildman–Crippen MR) is 87.5 cm³/mol. The van der Waals surface area contributed by atoms with Gasteiger partial charge in [-0.2, -0.15) is 0 Å². The van der Waals surface area contributed by atoms with Crippen molar-refractivity contribution in [1.82, 2.24) is 5.32 Å². The zero-order chi connectivity index (χ0) is 14.6. The average Bonchev–Trinajstić information content (AvgIpc) is 2.48. The normalized spacial score (nSPS) is 12.3. The van der Waals surface area contributed by atoms with Gasteiger partial charge in [-0.15, -0.1) is 0 Å². The molecule has 1 atom stereocenters. The van der Waals surface area contributed by atoms with E-state index in [0.717, 1.165) is 24.8 Å². The van der Waals surface area contributed by atoms with Gasteiger partial charge in [0.05, 0.1) is 7.11 Å². The van der Waals surface area contributed by atoms with Gasteiger partial charge in [-0.1, -0.05) is 45.2 Å². The molecule has 2 nitrogen and oxygen atoms in total. The van der Waals surface area contributed by atoms with Crippen LogP contribution in [0.3, 0.4) is 0 Å². The molecular formula is C18H31NO. The van der Waals surface area contributed by atoms with Gasteiger partial charge in [-0.3, -0.25) is 0 Å². The highest BCUT2D eigenvalue weighted by Gasteiger charge is 2.09. The van der Waals surface area contributed by atoms with Gasteiger partial charge in [0.25, 0.3) is 0 Å². The first-order valence-corrected chi connectivity index (χ1v) is 8.13. The summed E-state index contributed by atoms with van der Waals surface area (Å²) < 4.78 is 5.22. The van der Waals surface area contributed by atoms with Crippen LogP contribution < -0.4 is 10.1 Å². The van der Waals surface area contributed by atoms with E-state index in [1.807, 2.05) is 0 Å². The maximum atomic E-state index is 5.22. The summed E-state index contributed by atoms with van der Waals surface area (Å²) in [4.78, 5) is 0. The first-order valence-electron chi connectivity index (χ1n) is 8.13. The lowest BCUT2D eigenvalue weighted by Crippen LogP contribution is -2.25. The summed E-state index contributed by atoms with van der Waals surface area (Å²) in [5, 5.41) is 3.58. The molecule has 0 heterocycles. The molecule has 0 radical (unpaired) electrons. The van der Waals surface area contributed by atoms with Crippen molar-refractivity contribution in [3.63, 3.8) is 0 Å². The molecule has 1 rings (SSSR count). The molecule has 1 aromatic carbocycles. The lowest BCUT2D eigenvalue weighted by atomic mass is 9.93. The fourth-order valence-corrected chi connectivity index (χ4v) is 2.54. The monoisotopic (exact) mass is 277 g/mol. The second-order valence-electron chi connectivity index (χ2n) is 5.62. The van der Waals surface area contributed by atoms with Crippen LogP contribution >= 0.6 is 0 Å². The van der Waals surface area contributed by atoms with E-state index in [1.165, 1.54) is 44.1 Å². The molecule has 0 aliphatic rings. The highest BCUT2D eigenvalue weighted by Crippen LogP contribution is 2.18. The third-order valence-corrected chi connectivity index (χ3v) is 3.76. The van der Waals surface area contributed by atoms with E-state index in [0.29, 0.717) is 0 Å². The average molecular weight is 277 g/mol. The summed E-state index contributed by atoms with van der Waals surface area (Å²) in [6.45, 7) is 6.77. The minimum Gasteiger partial charge on any atom is -0.497 e. The molecule has 1 unspecified atom stereocenters. The van der Waals surface area contributed by atoms with Gasteiger partial charge < -0.3 is 10.1 Å². The van der Waals surface area contributed by atoms with E-state index in [4.69, 9.17) is 4.74 Å². The molecule has 0 aliphatic carbocycles. The molecule has 1 N–H and O–H groups in total. The molecule has 0 bridgehead atoms. The second-order valence-corrected chi connectivity index (χ2v) is 5.62. The number of methoxy groups -OCH3 is 1. The number of rotatable bonds is 11. The standard InChI is InChI=1S/C18H31NO/c1-4-6-7-8-17(15-19-13-5-2)14-16-9-11-18(20-3)12-10-16/h9-12,17,19H,4-8,13-15H2,1-3H3. The minimum atomic E-state index is 0.751. The minimum absolute atomic E-state index is 0.751. The zero-order valence-corrected chi connectivity index (χ0v) is 13.5. The van der Waals surface area contributed by atoms with Crippen molar-refractivity contribution in [2.24, 2.45) is 5.92 Å². The third-order valence-electron chi connectivity index (χ3n) is 3.76. The van der Waals surface area contributed by atoms with Crippen molar-refractivity contribution < 1.29 is 4.74 Å². The van der Waals surface area contributed by atoms with Crippen LogP contribution in [0.15, 0.2) is 24.3 Å². The molecule has 0 spiro atoms. The Balaban J connectivity index is 2.47. The Hall–Kier alpha value is -1.02. The third kappa shape index (κ3) is 6.95. The molecule has 0 saturated carbocycles. The number of hydrogen-bond donors (Lipinski definition) is 1. The fraction of sp³-hybridized carbons (Fsp3) is 0.667. The van der Waals surface area contributed by atoms with Gasteiger partial charge in [0.15, 0.2) is 0 Å². The Kier molecular flexibility index (Phi) is 9.14. The predicted octanol–water partition coefficient (Wildman–Crippen LogP) is 4.43. The quantitative estimate of drug-likeness (QED) is 0.604. The van der Waals surface area contributed by atoms with Crippen LogP contribution in [0.2, 0.25) is 0 Å². The van der Waals surface area contributed by atoms with Crippen LogP contribution in [0, 0.1) is 5.92 Å². The Morgan fingerprint density at radius 3 is 2.40 bits per heavy atom. The number of hydrogen-bond acceptors (Lipinski definition) is 2. The van der Waals surface area contributed by atoms with Crippen molar-refractivity contribution in [3.8, 4) is 5.75 Å². The number of nitrogens with one attached hydrogen (secondary N) is 1. The number of unbranched alkanes of at least 4 members (excludes halogenated alkanes) is 2. The molecule has 0 fully saturated rings. The Labute approximate surface area is 124 Å². The molecule has 0 aromatic heterocycles. The van der Waals surface area contributed by atoms with E-state index < -0.39 is 0 Å². The number of ether oxygens (including phenoxy) is 1. The van der Waals surface area contributed by atoms with Gasteiger partial charge in [0, 0.05) is 0 Å². The Morgan fingerprint density at radius 2 is 1.80 bits per heavy atom. The van der Waals surface area contributed by atoms with E-state index in [-0.39, 0.29) is 0 Å². The molecule has 0 aliphatic heterocycles. The van der Waals surface area contributed by atoms with Gasteiger partial charge >= 0.3 is 0 Å². The Morgan fingerprint density at radius 1 is 1.05 bits per heavy atom. The summed E-state index contributed by atoms with van der Waals surface area (Å²) in [5.74, 6) is 1.70. The maximum Gasteiger partial charge on any atom is 0.118 e. The van der Waals surface area contributed by atoms with Crippen LogP contribution in [-0.4, -0.2) is 20.2 Å². The number of benzene rings is 1. The van der Waals surface area contributed by atoms with Crippen molar-refractivity contribution in [3.05, 3.63) is 29.8 Å². The van der Waals surface area contributed by atoms with Crippen LogP contribution in [0.4, 0.5) is 0 Å². The van der Waals surface area contributed by atoms with Crippen LogP contribution in [0.1, 0.15) is 51.5 Å². The summed E-state index contributed by atoms with van der Waals surface area (Å²) in [5.41, 5.74) is 1.42. The first-order chi connectivity index (χ1) is 9.80. The van der Waals surface area contributed by atoms with E-state index in [1.54, 1.807) is 7.11 Å². The van der Waals surface area contributed by atoms with Crippen molar-refractivity contribution in [1.29, 1.82) is 0 Å². The topological polar surface area (TPSA) is 21.3 Å². The second kappa shape index (κ2) is 10.7. The van der Waals surface area contributed by atoms with Crippen molar-refractivity contribution in [2.75, 3.05) is 20.2 Å². The van der Waals surface area contributed by atoms with Gasteiger partial charge in [0.2, 0.25) is 0 Å². The molecule has 20 heavy (non-hydrogen) atoms. The van der Waals surface area contributed by atoms with Gasteiger partial charge in [-0.05, 0) is 56.0 Å². The SMILES string of the molecule is CCCCCC(CNCCC)Cc1ccc(OC)cc1. The zero-order valence-electron chi connectivity index (χ0n) is 13.5. The largest absolute Gasteiger partial charge is 0.497 e. The molecule has 0 amide bonds. The molecule has 1 aromatic rings. The molecule has 2 heteroatoms. The summed E-state index contributed by atoms with van der Waals surface area (Å²) in [6.07, 6.45) is 7.72. The van der Waals surface area contributed by atoms with Gasteiger partial charge in [-0.25, -0.2) is 0 Å². The van der Waals surface area contributed by atoms with E-state index in [9.17, 15) is 0 Å². The first kappa shape index (κ1) is 17.0. The summed E-state index contributed by atoms with van der Waals surface area (Å²) in [6, 6.07) is 8.53. The lowest BCUT2D eigenvalue weighted by molar-refractivity contribution is 0.412. The summed E-state index contributed by atoms with van der Waals surface area (Å²) >= 11 is 0. The molecule has 114 valence electrons. The van der Waals surface area contributed by atoms with Crippen LogP contribution in [0.25, 0.3) is 0 Å². The fourth-order valence-electron chi connectivity index (χ4n) is 2.54. The lowest BCUT2D eigenvalue weighted by Gasteiger charge is -2.18. The van der Waals surface area contributed by atoms with E-state index in [2.05, 4.69) is 43.4 Å². The van der Waals surface area contributed by atoms with Crippen molar-refractivity contribution in [2.45, 2.75) is 52.4 Å². The molecular weight excluding hydrogens is 246 g/mol. The van der Waals surface area contributed by atoms with Crippen molar-refractivity contribution >= 4 is 0 Å². The highest BCUT2D eigenvalue weighted by molar-refractivity contribution is 5.27. The highest BCUT2D eigenvalue weighted by atomic mass is 16.5. The van der Waals surface area contributed by atoms with E-state index >= 15 is 0 Å². The van der Waals surface area contributed by atoms with Crippen LogP contribution in [0.5, 0.6) is 5.75 Å². The summed E-state index contributed by atoms with van der Waals surface area (Å²) in [7, 11) is 1.72.